The monoisotopic (exact) mass is 434 g/mol. The Balaban J connectivity index is 1.37. The molecule has 9 atom stereocenters. The second kappa shape index (κ2) is 9.75. The van der Waals surface area contributed by atoms with Crippen LogP contribution in [0.1, 0.15) is 58.8 Å². The van der Waals surface area contributed by atoms with E-state index < -0.39 is 0 Å². The van der Waals surface area contributed by atoms with Gasteiger partial charge in [0.25, 0.3) is 0 Å². The Bertz CT molecular complexity index is 651. The molecular weight excluding hydrogens is 392 g/mol. The molecule has 3 aliphatic heterocycles. The topological polar surface area (TPSA) is 82.7 Å². The van der Waals surface area contributed by atoms with Crippen molar-refractivity contribution in [1.82, 2.24) is 20.9 Å². The molecule has 0 aromatic heterocycles. The maximum Gasteiger partial charge on any atom is 0.225 e. The van der Waals surface area contributed by atoms with Crippen LogP contribution in [0.25, 0.3) is 0 Å². The van der Waals surface area contributed by atoms with Crippen LogP contribution >= 0.6 is 0 Å². The smallest absolute Gasteiger partial charge is 0.225 e. The predicted molar refractivity (Wildman–Crippen MR) is 120 cm³/mol. The average Bonchev–Trinajstić information content (AvgIpc) is 2.77. The second-order valence-electron chi connectivity index (χ2n) is 10.7. The zero-order valence-corrected chi connectivity index (χ0v) is 19.7. The van der Waals surface area contributed by atoms with E-state index in [4.69, 9.17) is 4.74 Å². The number of ether oxygens (including phenoxy) is 1. The van der Waals surface area contributed by atoms with Crippen LogP contribution in [-0.2, 0) is 14.3 Å². The molecule has 0 aromatic rings. The van der Waals surface area contributed by atoms with Crippen LogP contribution in [0.5, 0.6) is 0 Å². The highest BCUT2D eigenvalue weighted by atomic mass is 16.5. The zero-order valence-electron chi connectivity index (χ0n) is 19.7. The summed E-state index contributed by atoms with van der Waals surface area (Å²) in [5.41, 5.74) is 0. The summed E-state index contributed by atoms with van der Waals surface area (Å²) in [6.45, 7) is 6.26. The van der Waals surface area contributed by atoms with E-state index in [1.807, 2.05) is 11.9 Å². The maximum absolute atomic E-state index is 13.4. The van der Waals surface area contributed by atoms with Gasteiger partial charge in [-0.15, -0.1) is 0 Å². The van der Waals surface area contributed by atoms with E-state index in [1.54, 1.807) is 7.11 Å². The summed E-state index contributed by atoms with van der Waals surface area (Å²) < 4.78 is 5.35. The quantitative estimate of drug-likeness (QED) is 0.628. The van der Waals surface area contributed by atoms with E-state index in [0.29, 0.717) is 35.7 Å². The lowest BCUT2D eigenvalue weighted by Crippen LogP contribution is -2.60. The minimum absolute atomic E-state index is 0.0293. The molecule has 31 heavy (non-hydrogen) atoms. The standard InChI is InChI=1S/C24H42N4O3/c1-14-5-6-16(23(29)27-18-7-8-22(31-4)26-13-18)10-19(14)20-11-17-12-25-15(2)9-21(17)28(3)24(20)30/h14-22,25-26H,5-13H2,1-4H3,(H,27,29). The Morgan fingerprint density at radius 3 is 2.58 bits per heavy atom. The summed E-state index contributed by atoms with van der Waals surface area (Å²) in [5, 5.41) is 10.2. The van der Waals surface area contributed by atoms with Crippen molar-refractivity contribution in [3.8, 4) is 0 Å². The Labute approximate surface area is 187 Å². The van der Waals surface area contributed by atoms with Gasteiger partial charge in [-0.05, 0) is 69.6 Å². The van der Waals surface area contributed by atoms with Crippen molar-refractivity contribution >= 4 is 11.8 Å². The van der Waals surface area contributed by atoms with Crippen LogP contribution in [-0.4, -0.2) is 68.3 Å². The van der Waals surface area contributed by atoms with Gasteiger partial charge in [0.1, 0.15) is 6.23 Å². The van der Waals surface area contributed by atoms with Gasteiger partial charge in [-0.1, -0.05) is 6.92 Å². The van der Waals surface area contributed by atoms with Gasteiger partial charge < -0.3 is 20.3 Å². The van der Waals surface area contributed by atoms with Gasteiger partial charge >= 0.3 is 0 Å². The van der Waals surface area contributed by atoms with Crippen molar-refractivity contribution < 1.29 is 14.3 Å². The molecule has 1 aliphatic carbocycles. The van der Waals surface area contributed by atoms with Crippen LogP contribution in [0.2, 0.25) is 0 Å². The highest BCUT2D eigenvalue weighted by molar-refractivity contribution is 5.81. The SMILES string of the molecule is COC1CCC(NC(=O)C2CCC(C)C(C3CC4CNC(C)CC4N(C)C3=O)C2)CN1. The molecule has 2 amide bonds. The number of carbonyl (C=O) groups is 2. The lowest BCUT2D eigenvalue weighted by atomic mass is 9.64. The van der Waals surface area contributed by atoms with Gasteiger partial charge in [-0.25, -0.2) is 0 Å². The summed E-state index contributed by atoms with van der Waals surface area (Å²) in [7, 11) is 3.72. The number of rotatable bonds is 4. The number of piperidine rings is 3. The summed E-state index contributed by atoms with van der Waals surface area (Å²) >= 11 is 0. The molecule has 0 bridgehead atoms. The molecule has 4 aliphatic rings. The molecule has 0 radical (unpaired) electrons. The molecule has 0 spiro atoms. The molecule has 4 fully saturated rings. The Morgan fingerprint density at radius 2 is 1.87 bits per heavy atom. The van der Waals surface area contributed by atoms with Crippen LogP contribution < -0.4 is 16.0 Å². The molecule has 3 saturated heterocycles. The number of fused-ring (bicyclic) bond motifs is 1. The number of nitrogens with one attached hydrogen (secondary N) is 3. The summed E-state index contributed by atoms with van der Waals surface area (Å²) in [6.07, 6.45) is 6.81. The highest BCUT2D eigenvalue weighted by Gasteiger charge is 2.47. The third-order valence-corrected chi connectivity index (χ3v) is 8.73. The fourth-order valence-electron chi connectivity index (χ4n) is 6.68. The molecule has 3 N–H and O–H groups in total. The maximum atomic E-state index is 13.4. The Morgan fingerprint density at radius 1 is 1.06 bits per heavy atom. The van der Waals surface area contributed by atoms with E-state index >= 15 is 0 Å². The van der Waals surface area contributed by atoms with Crippen molar-refractivity contribution in [2.75, 3.05) is 27.2 Å². The summed E-state index contributed by atoms with van der Waals surface area (Å²) in [4.78, 5) is 28.5. The van der Waals surface area contributed by atoms with Crippen molar-refractivity contribution in [2.24, 2.45) is 29.6 Å². The third kappa shape index (κ3) is 4.93. The van der Waals surface area contributed by atoms with E-state index in [1.165, 1.54) is 0 Å². The molecule has 4 rings (SSSR count). The van der Waals surface area contributed by atoms with Gasteiger partial charge in [-0.2, -0.15) is 0 Å². The Hall–Kier alpha value is -1.18. The lowest BCUT2D eigenvalue weighted by Gasteiger charge is -2.50. The first-order valence-corrected chi connectivity index (χ1v) is 12.4. The fourth-order valence-corrected chi connectivity index (χ4v) is 6.68. The molecule has 1 saturated carbocycles. The number of nitrogens with zero attached hydrogens (tertiary/aromatic N) is 1. The van der Waals surface area contributed by atoms with E-state index in [-0.39, 0.29) is 30.0 Å². The molecule has 7 nitrogen and oxygen atoms in total. The highest BCUT2D eigenvalue weighted by Crippen LogP contribution is 2.44. The number of hydrogen-bond acceptors (Lipinski definition) is 5. The summed E-state index contributed by atoms with van der Waals surface area (Å²) in [6, 6.07) is 1.02. The molecular formula is C24H42N4O3. The Kier molecular flexibility index (Phi) is 7.24. The molecule has 176 valence electrons. The van der Waals surface area contributed by atoms with Gasteiger partial charge in [0.15, 0.2) is 0 Å². The average molecular weight is 435 g/mol. The van der Waals surface area contributed by atoms with Crippen molar-refractivity contribution in [1.29, 1.82) is 0 Å². The van der Waals surface area contributed by atoms with Crippen LogP contribution in [0.4, 0.5) is 0 Å². The zero-order chi connectivity index (χ0) is 22.1. The van der Waals surface area contributed by atoms with E-state index in [0.717, 1.165) is 58.0 Å². The third-order valence-electron chi connectivity index (χ3n) is 8.73. The van der Waals surface area contributed by atoms with E-state index in [2.05, 4.69) is 29.8 Å². The first kappa shape index (κ1) is 23.0. The van der Waals surface area contributed by atoms with E-state index in [9.17, 15) is 9.59 Å². The van der Waals surface area contributed by atoms with Crippen molar-refractivity contribution in [3.63, 3.8) is 0 Å². The molecule has 3 heterocycles. The first-order chi connectivity index (χ1) is 14.9. The van der Waals surface area contributed by atoms with Gasteiger partial charge in [0.05, 0.1) is 0 Å². The number of carbonyl (C=O) groups excluding carboxylic acids is 2. The van der Waals surface area contributed by atoms with Crippen molar-refractivity contribution in [3.05, 3.63) is 0 Å². The first-order valence-electron chi connectivity index (χ1n) is 12.4. The molecule has 9 unspecified atom stereocenters. The molecule has 7 heteroatoms. The lowest BCUT2D eigenvalue weighted by molar-refractivity contribution is -0.149. The molecule has 0 aromatic carbocycles. The predicted octanol–water partition coefficient (Wildman–Crippen LogP) is 1.72. The minimum Gasteiger partial charge on any atom is -0.367 e. The number of likely N-dealkylation sites (tertiary alicyclic amines) is 1. The fraction of sp³-hybridized carbons (Fsp3) is 0.917. The second-order valence-corrected chi connectivity index (χ2v) is 10.7. The van der Waals surface area contributed by atoms with Crippen molar-refractivity contribution in [2.45, 2.75) is 83.1 Å². The number of amides is 2. The largest absolute Gasteiger partial charge is 0.367 e. The minimum atomic E-state index is 0.0293. The number of methoxy groups -OCH3 is 1. The van der Waals surface area contributed by atoms with Crippen LogP contribution in [0, 0.1) is 29.6 Å². The van der Waals surface area contributed by atoms with Crippen LogP contribution in [0.15, 0.2) is 0 Å². The van der Waals surface area contributed by atoms with Gasteiger partial charge in [0, 0.05) is 57.2 Å². The normalized spacial score (nSPS) is 43.9. The number of hydrogen-bond donors (Lipinski definition) is 3. The summed E-state index contributed by atoms with van der Waals surface area (Å²) in [5.74, 6) is 1.93. The van der Waals surface area contributed by atoms with Gasteiger partial charge in [-0.3, -0.25) is 14.9 Å². The van der Waals surface area contributed by atoms with Gasteiger partial charge in [0.2, 0.25) is 11.8 Å². The van der Waals surface area contributed by atoms with Crippen LogP contribution in [0.3, 0.4) is 0 Å².